The number of carbonyl (C=O) groups is 1. The van der Waals surface area contributed by atoms with E-state index in [-0.39, 0.29) is 17.3 Å². The van der Waals surface area contributed by atoms with Gasteiger partial charge in [-0.25, -0.2) is 0 Å². The number of nitrogens with one attached hydrogen (secondary N) is 1. The zero-order valence-corrected chi connectivity index (χ0v) is 13.4. The Kier molecular flexibility index (Phi) is 5.18. The van der Waals surface area contributed by atoms with Crippen molar-refractivity contribution in [1.82, 2.24) is 0 Å². The molecule has 0 aliphatic carbocycles. The van der Waals surface area contributed by atoms with Crippen molar-refractivity contribution in [1.29, 1.82) is 0 Å². The highest BCUT2D eigenvalue weighted by molar-refractivity contribution is 6.34. The Morgan fingerprint density at radius 2 is 1.96 bits per heavy atom. The van der Waals surface area contributed by atoms with Gasteiger partial charge in [-0.05, 0) is 43.2 Å². The van der Waals surface area contributed by atoms with Crippen molar-refractivity contribution in [3.63, 3.8) is 0 Å². The maximum atomic E-state index is 11.9. The van der Waals surface area contributed by atoms with Crippen LogP contribution in [-0.2, 0) is 4.79 Å². The fraction of sp³-hybridized carbons (Fsp3) is 0.188. The Labute approximate surface area is 138 Å². The van der Waals surface area contributed by atoms with Crippen LogP contribution < -0.4 is 10.1 Å². The lowest BCUT2D eigenvalue weighted by molar-refractivity contribution is -0.384. The minimum absolute atomic E-state index is 0.0960. The molecule has 23 heavy (non-hydrogen) atoms. The van der Waals surface area contributed by atoms with Crippen molar-refractivity contribution in [3.8, 4) is 5.75 Å². The maximum Gasteiger partial charge on any atom is 0.271 e. The molecule has 2 aromatic rings. The molecule has 0 saturated carbocycles. The van der Waals surface area contributed by atoms with E-state index in [2.05, 4.69) is 5.32 Å². The first-order valence-corrected chi connectivity index (χ1v) is 7.18. The van der Waals surface area contributed by atoms with Crippen LogP contribution in [0.25, 0.3) is 0 Å². The van der Waals surface area contributed by atoms with E-state index in [9.17, 15) is 14.9 Å². The van der Waals surface area contributed by atoms with Crippen LogP contribution in [0.3, 0.4) is 0 Å². The average molecular weight is 335 g/mol. The molecule has 0 unspecified atom stereocenters. The molecule has 0 aromatic heterocycles. The van der Waals surface area contributed by atoms with Gasteiger partial charge in [0.1, 0.15) is 5.75 Å². The summed E-state index contributed by atoms with van der Waals surface area (Å²) in [5.74, 6) is 0.192. The first kappa shape index (κ1) is 16.8. The number of nitrogens with zero attached hydrogens (tertiary/aromatic N) is 1. The van der Waals surface area contributed by atoms with Gasteiger partial charge in [0.25, 0.3) is 11.6 Å². The number of ether oxygens (including phenoxy) is 1. The molecule has 0 aliphatic rings. The van der Waals surface area contributed by atoms with Gasteiger partial charge in [-0.2, -0.15) is 0 Å². The predicted octanol–water partition coefficient (Wildman–Crippen LogP) is 3.88. The third kappa shape index (κ3) is 4.43. The molecule has 1 amide bonds. The summed E-state index contributed by atoms with van der Waals surface area (Å²) in [6.45, 7) is 3.76. The van der Waals surface area contributed by atoms with Crippen LogP contribution in [0.2, 0.25) is 5.02 Å². The van der Waals surface area contributed by atoms with E-state index in [0.29, 0.717) is 11.4 Å². The van der Waals surface area contributed by atoms with Gasteiger partial charge < -0.3 is 10.1 Å². The van der Waals surface area contributed by atoms with Crippen LogP contribution in [0.4, 0.5) is 11.4 Å². The summed E-state index contributed by atoms with van der Waals surface area (Å²) < 4.78 is 5.41. The minimum atomic E-state index is -0.555. The van der Waals surface area contributed by atoms with E-state index < -0.39 is 10.8 Å². The van der Waals surface area contributed by atoms with Gasteiger partial charge in [0, 0.05) is 12.1 Å². The zero-order chi connectivity index (χ0) is 17.0. The highest BCUT2D eigenvalue weighted by atomic mass is 35.5. The number of nitro groups is 1. The second kappa shape index (κ2) is 7.11. The van der Waals surface area contributed by atoms with Gasteiger partial charge in [-0.15, -0.1) is 0 Å². The smallest absolute Gasteiger partial charge is 0.271 e. The summed E-state index contributed by atoms with van der Waals surface area (Å²) in [7, 11) is 0. The molecular weight excluding hydrogens is 320 g/mol. The van der Waals surface area contributed by atoms with Gasteiger partial charge in [0.2, 0.25) is 0 Å². The SMILES string of the molecule is Cc1ccc(OCC(=O)Nc2ccc([N+](=O)[O-])cc2Cl)cc1C. The first-order chi connectivity index (χ1) is 10.9. The summed E-state index contributed by atoms with van der Waals surface area (Å²) in [6, 6.07) is 9.38. The first-order valence-electron chi connectivity index (χ1n) is 6.80. The molecule has 7 heteroatoms. The molecule has 2 rings (SSSR count). The summed E-state index contributed by atoms with van der Waals surface area (Å²) in [4.78, 5) is 22.0. The Hall–Kier alpha value is -2.60. The van der Waals surface area contributed by atoms with Crippen molar-refractivity contribution in [2.75, 3.05) is 11.9 Å². The van der Waals surface area contributed by atoms with Gasteiger partial charge >= 0.3 is 0 Å². The highest BCUT2D eigenvalue weighted by Gasteiger charge is 2.12. The number of rotatable bonds is 5. The number of carbonyl (C=O) groups excluding carboxylic acids is 1. The summed E-state index contributed by atoms with van der Waals surface area (Å²) in [5.41, 5.74) is 2.37. The van der Waals surface area contributed by atoms with Crippen molar-refractivity contribution < 1.29 is 14.5 Å². The van der Waals surface area contributed by atoms with Crippen molar-refractivity contribution in [2.24, 2.45) is 0 Å². The number of hydrogen-bond acceptors (Lipinski definition) is 4. The highest BCUT2D eigenvalue weighted by Crippen LogP contribution is 2.26. The number of aryl methyl sites for hydroxylation is 2. The van der Waals surface area contributed by atoms with Crippen LogP contribution >= 0.6 is 11.6 Å². The standard InChI is InChI=1S/C16H15ClN2O4/c1-10-3-5-13(7-11(10)2)23-9-16(20)18-15-6-4-12(19(21)22)8-14(15)17/h3-8H,9H2,1-2H3,(H,18,20). The van der Waals surface area contributed by atoms with Crippen molar-refractivity contribution in [2.45, 2.75) is 13.8 Å². The van der Waals surface area contributed by atoms with Crippen LogP contribution in [0, 0.1) is 24.0 Å². The Bertz CT molecular complexity index is 762. The number of anilines is 1. The zero-order valence-electron chi connectivity index (χ0n) is 12.6. The van der Waals surface area contributed by atoms with Gasteiger partial charge in [-0.1, -0.05) is 17.7 Å². The lowest BCUT2D eigenvalue weighted by Gasteiger charge is -2.10. The Balaban J connectivity index is 1.97. The molecule has 0 atom stereocenters. The number of halogens is 1. The van der Waals surface area contributed by atoms with E-state index >= 15 is 0 Å². The lowest BCUT2D eigenvalue weighted by Crippen LogP contribution is -2.20. The number of benzene rings is 2. The van der Waals surface area contributed by atoms with E-state index in [0.717, 1.165) is 11.1 Å². The van der Waals surface area contributed by atoms with Crippen LogP contribution in [0.1, 0.15) is 11.1 Å². The van der Waals surface area contributed by atoms with Crippen LogP contribution in [0.5, 0.6) is 5.75 Å². The fourth-order valence-corrected chi connectivity index (χ4v) is 2.08. The largest absolute Gasteiger partial charge is 0.484 e. The average Bonchev–Trinajstić information content (AvgIpc) is 2.50. The normalized spacial score (nSPS) is 10.2. The lowest BCUT2D eigenvalue weighted by atomic mass is 10.1. The maximum absolute atomic E-state index is 11.9. The van der Waals surface area contributed by atoms with E-state index in [1.165, 1.54) is 18.2 Å². The molecule has 1 N–H and O–H groups in total. The Morgan fingerprint density at radius 1 is 1.22 bits per heavy atom. The molecule has 0 bridgehead atoms. The molecule has 0 fully saturated rings. The molecular formula is C16H15ClN2O4. The van der Waals surface area contributed by atoms with Crippen LogP contribution in [0.15, 0.2) is 36.4 Å². The van der Waals surface area contributed by atoms with E-state index in [1.54, 1.807) is 6.07 Å². The molecule has 0 spiro atoms. The molecule has 2 aromatic carbocycles. The molecule has 120 valence electrons. The molecule has 6 nitrogen and oxygen atoms in total. The summed E-state index contributed by atoms with van der Waals surface area (Å²) in [6.07, 6.45) is 0. The van der Waals surface area contributed by atoms with Crippen LogP contribution in [-0.4, -0.2) is 17.4 Å². The summed E-state index contributed by atoms with van der Waals surface area (Å²) >= 11 is 5.91. The second-order valence-electron chi connectivity index (χ2n) is 5.00. The van der Waals surface area contributed by atoms with Gasteiger partial charge in [0.05, 0.1) is 15.6 Å². The van der Waals surface area contributed by atoms with E-state index in [4.69, 9.17) is 16.3 Å². The van der Waals surface area contributed by atoms with Gasteiger partial charge in [0.15, 0.2) is 6.61 Å². The summed E-state index contributed by atoms with van der Waals surface area (Å²) in [5, 5.41) is 13.3. The number of amides is 1. The monoisotopic (exact) mass is 334 g/mol. The third-order valence-corrected chi connectivity index (χ3v) is 3.60. The second-order valence-corrected chi connectivity index (χ2v) is 5.41. The number of nitro benzene ring substituents is 1. The molecule has 0 heterocycles. The van der Waals surface area contributed by atoms with Crippen molar-refractivity contribution in [3.05, 3.63) is 62.7 Å². The van der Waals surface area contributed by atoms with Gasteiger partial charge in [-0.3, -0.25) is 14.9 Å². The fourth-order valence-electron chi connectivity index (χ4n) is 1.86. The Morgan fingerprint density at radius 3 is 2.57 bits per heavy atom. The van der Waals surface area contributed by atoms with E-state index in [1.807, 2.05) is 26.0 Å². The molecule has 0 aliphatic heterocycles. The topological polar surface area (TPSA) is 81.5 Å². The van der Waals surface area contributed by atoms with Crippen molar-refractivity contribution >= 4 is 28.9 Å². The quantitative estimate of drug-likeness (QED) is 0.664. The molecule has 0 radical (unpaired) electrons. The predicted molar refractivity (Wildman–Crippen MR) is 88.1 cm³/mol. The molecule has 0 saturated heterocycles. The third-order valence-electron chi connectivity index (χ3n) is 3.29. The number of hydrogen-bond donors (Lipinski definition) is 1. The number of non-ortho nitro benzene ring substituents is 1. The minimum Gasteiger partial charge on any atom is -0.484 e.